The topological polar surface area (TPSA) is 61.3 Å². The molecule has 1 aromatic heterocycles. The Hall–Kier alpha value is -2.14. The van der Waals surface area contributed by atoms with E-state index in [0.29, 0.717) is 11.8 Å². The van der Waals surface area contributed by atoms with Crippen LogP contribution in [0, 0.1) is 5.92 Å². The molecule has 5 nitrogen and oxygen atoms in total. The van der Waals surface area contributed by atoms with Crippen LogP contribution in [0.15, 0.2) is 42.7 Å². The molecular weight excluding hydrogens is 312 g/mol. The Morgan fingerprint density at radius 3 is 2.80 bits per heavy atom. The number of aromatic nitrogens is 2. The number of aliphatic hydroxyl groups is 1. The molecule has 2 aliphatic rings. The molecule has 1 aromatic carbocycles. The molecule has 2 aromatic rings. The predicted octanol–water partition coefficient (Wildman–Crippen LogP) is 3.04. The minimum atomic E-state index is 0.190. The standard InChI is InChI=1S/C20H26N4O/c25-13-18-7-4-8-24(18)20-11-19(22-14-23-20)21-12-15-9-17(10-15)16-5-2-1-3-6-16/h1-3,5-6,11,14-15,17-18,25H,4,7-10,12-13H2,(H,21,22,23). The third-order valence-electron chi connectivity index (χ3n) is 5.61. The van der Waals surface area contributed by atoms with Gasteiger partial charge in [0, 0.05) is 19.2 Å². The van der Waals surface area contributed by atoms with Crippen molar-refractivity contribution in [1.82, 2.24) is 9.97 Å². The Morgan fingerprint density at radius 2 is 2.00 bits per heavy atom. The lowest BCUT2D eigenvalue weighted by atomic mass is 9.71. The van der Waals surface area contributed by atoms with E-state index in [1.165, 1.54) is 18.4 Å². The van der Waals surface area contributed by atoms with Gasteiger partial charge in [-0.2, -0.15) is 0 Å². The molecule has 132 valence electrons. The van der Waals surface area contributed by atoms with Crippen molar-refractivity contribution >= 4 is 11.6 Å². The van der Waals surface area contributed by atoms with Crippen molar-refractivity contribution in [1.29, 1.82) is 0 Å². The van der Waals surface area contributed by atoms with Crippen LogP contribution >= 0.6 is 0 Å². The molecular formula is C20H26N4O. The van der Waals surface area contributed by atoms with E-state index < -0.39 is 0 Å². The van der Waals surface area contributed by atoms with Gasteiger partial charge in [-0.25, -0.2) is 9.97 Å². The fraction of sp³-hybridized carbons (Fsp3) is 0.500. The first-order valence-corrected chi connectivity index (χ1v) is 9.32. The zero-order valence-corrected chi connectivity index (χ0v) is 14.5. The summed E-state index contributed by atoms with van der Waals surface area (Å²) in [5, 5.41) is 13.0. The first kappa shape index (κ1) is 16.3. The first-order chi connectivity index (χ1) is 12.3. The van der Waals surface area contributed by atoms with Gasteiger partial charge in [0.15, 0.2) is 0 Å². The summed E-state index contributed by atoms with van der Waals surface area (Å²) in [5.41, 5.74) is 1.46. The smallest absolute Gasteiger partial charge is 0.134 e. The average molecular weight is 338 g/mol. The molecule has 25 heavy (non-hydrogen) atoms. The van der Waals surface area contributed by atoms with Crippen LogP contribution in [-0.2, 0) is 0 Å². The summed E-state index contributed by atoms with van der Waals surface area (Å²) in [6.07, 6.45) is 6.26. The second-order valence-corrected chi connectivity index (χ2v) is 7.26. The molecule has 1 aliphatic carbocycles. The van der Waals surface area contributed by atoms with Crippen molar-refractivity contribution in [2.24, 2.45) is 5.92 Å². The van der Waals surface area contributed by atoms with Gasteiger partial charge in [-0.05, 0) is 43.1 Å². The third-order valence-corrected chi connectivity index (χ3v) is 5.61. The first-order valence-electron chi connectivity index (χ1n) is 9.32. The molecule has 4 rings (SSSR count). The van der Waals surface area contributed by atoms with Crippen LogP contribution in [0.3, 0.4) is 0 Å². The Morgan fingerprint density at radius 1 is 1.16 bits per heavy atom. The summed E-state index contributed by atoms with van der Waals surface area (Å²) < 4.78 is 0. The van der Waals surface area contributed by atoms with Gasteiger partial charge in [0.05, 0.1) is 12.6 Å². The number of anilines is 2. The second kappa shape index (κ2) is 7.40. The van der Waals surface area contributed by atoms with Crippen molar-refractivity contribution < 1.29 is 5.11 Å². The van der Waals surface area contributed by atoms with Crippen molar-refractivity contribution in [3.05, 3.63) is 48.3 Å². The fourth-order valence-electron chi connectivity index (χ4n) is 4.08. The number of rotatable bonds is 6. The summed E-state index contributed by atoms with van der Waals surface area (Å²) >= 11 is 0. The minimum absolute atomic E-state index is 0.190. The molecule has 0 radical (unpaired) electrons. The van der Waals surface area contributed by atoms with E-state index in [4.69, 9.17) is 0 Å². The van der Waals surface area contributed by atoms with Crippen LogP contribution in [-0.4, -0.2) is 40.8 Å². The lowest BCUT2D eigenvalue weighted by Gasteiger charge is -2.36. The lowest BCUT2D eigenvalue weighted by Crippen LogP contribution is -2.33. The number of nitrogens with one attached hydrogen (secondary N) is 1. The predicted molar refractivity (Wildman–Crippen MR) is 99.9 cm³/mol. The van der Waals surface area contributed by atoms with Crippen LogP contribution in [0.5, 0.6) is 0 Å². The minimum Gasteiger partial charge on any atom is -0.394 e. The zero-order chi connectivity index (χ0) is 17.1. The molecule has 2 fully saturated rings. The molecule has 1 saturated heterocycles. The van der Waals surface area contributed by atoms with Gasteiger partial charge in [0.1, 0.15) is 18.0 Å². The molecule has 0 bridgehead atoms. The molecule has 1 unspecified atom stereocenters. The lowest BCUT2D eigenvalue weighted by molar-refractivity contribution is 0.266. The molecule has 0 spiro atoms. The van der Waals surface area contributed by atoms with Crippen LogP contribution in [0.25, 0.3) is 0 Å². The Kier molecular flexibility index (Phi) is 4.83. The normalized spacial score (nSPS) is 25.6. The molecule has 2 N–H and O–H groups in total. The van der Waals surface area contributed by atoms with E-state index in [0.717, 1.165) is 37.6 Å². The van der Waals surface area contributed by atoms with E-state index >= 15 is 0 Å². The third kappa shape index (κ3) is 3.61. The molecule has 0 amide bonds. The number of hydrogen-bond acceptors (Lipinski definition) is 5. The van der Waals surface area contributed by atoms with Gasteiger partial charge in [0.25, 0.3) is 0 Å². The number of aliphatic hydroxyl groups excluding tert-OH is 1. The van der Waals surface area contributed by atoms with Gasteiger partial charge in [-0.15, -0.1) is 0 Å². The van der Waals surface area contributed by atoms with E-state index in [9.17, 15) is 5.11 Å². The van der Waals surface area contributed by atoms with E-state index in [-0.39, 0.29) is 12.6 Å². The highest BCUT2D eigenvalue weighted by Crippen LogP contribution is 2.41. The van der Waals surface area contributed by atoms with Gasteiger partial charge in [-0.1, -0.05) is 30.3 Å². The van der Waals surface area contributed by atoms with Gasteiger partial charge in [-0.3, -0.25) is 0 Å². The molecule has 1 saturated carbocycles. The molecule has 2 heterocycles. The summed E-state index contributed by atoms with van der Waals surface area (Å²) in [7, 11) is 0. The van der Waals surface area contributed by atoms with E-state index in [1.807, 2.05) is 6.07 Å². The largest absolute Gasteiger partial charge is 0.394 e. The summed E-state index contributed by atoms with van der Waals surface area (Å²) in [4.78, 5) is 11.0. The SMILES string of the molecule is OCC1CCCN1c1cc(NCC2CC(c3ccccc3)C2)ncn1. The van der Waals surface area contributed by atoms with Crippen molar-refractivity contribution in [2.45, 2.75) is 37.6 Å². The van der Waals surface area contributed by atoms with Crippen molar-refractivity contribution in [3.63, 3.8) is 0 Å². The van der Waals surface area contributed by atoms with Gasteiger partial charge < -0.3 is 15.3 Å². The Balaban J connectivity index is 1.30. The summed E-state index contributed by atoms with van der Waals surface area (Å²) in [5.74, 6) is 3.23. The number of hydrogen-bond donors (Lipinski definition) is 2. The van der Waals surface area contributed by atoms with E-state index in [1.54, 1.807) is 6.33 Å². The van der Waals surface area contributed by atoms with E-state index in [2.05, 4.69) is 50.5 Å². The Bertz CT molecular complexity index is 687. The molecule has 1 aliphatic heterocycles. The highest BCUT2D eigenvalue weighted by Gasteiger charge is 2.30. The second-order valence-electron chi connectivity index (χ2n) is 7.26. The highest BCUT2D eigenvalue weighted by molar-refractivity contribution is 5.50. The maximum Gasteiger partial charge on any atom is 0.134 e. The highest BCUT2D eigenvalue weighted by atomic mass is 16.3. The summed E-state index contributed by atoms with van der Waals surface area (Å²) in [6, 6.07) is 13.0. The summed E-state index contributed by atoms with van der Waals surface area (Å²) in [6.45, 7) is 2.11. The maximum atomic E-state index is 9.50. The quantitative estimate of drug-likeness (QED) is 0.848. The fourth-order valence-corrected chi connectivity index (χ4v) is 4.08. The van der Waals surface area contributed by atoms with Crippen molar-refractivity contribution in [2.75, 3.05) is 29.9 Å². The molecule has 1 atom stereocenters. The van der Waals surface area contributed by atoms with Crippen LogP contribution in [0.4, 0.5) is 11.6 Å². The Labute approximate surface area is 149 Å². The zero-order valence-electron chi connectivity index (χ0n) is 14.5. The molecule has 5 heteroatoms. The van der Waals surface area contributed by atoms with Crippen LogP contribution in [0.1, 0.15) is 37.2 Å². The van der Waals surface area contributed by atoms with Crippen LogP contribution < -0.4 is 10.2 Å². The maximum absolute atomic E-state index is 9.50. The van der Waals surface area contributed by atoms with Gasteiger partial charge >= 0.3 is 0 Å². The number of nitrogens with zero attached hydrogens (tertiary/aromatic N) is 3. The van der Waals surface area contributed by atoms with Crippen LogP contribution in [0.2, 0.25) is 0 Å². The average Bonchev–Trinajstić information content (AvgIpc) is 3.10. The van der Waals surface area contributed by atoms with Crippen molar-refractivity contribution in [3.8, 4) is 0 Å². The monoisotopic (exact) mass is 338 g/mol. The number of benzene rings is 1. The van der Waals surface area contributed by atoms with Gasteiger partial charge in [0.2, 0.25) is 0 Å².